The maximum atomic E-state index is 13.7. The van der Waals surface area contributed by atoms with Crippen LogP contribution in [0.2, 0.25) is 0 Å². The quantitative estimate of drug-likeness (QED) is 0.476. The van der Waals surface area contributed by atoms with E-state index in [0.717, 1.165) is 22.5 Å². The molecular weight excluding hydrogens is 443 g/mol. The van der Waals surface area contributed by atoms with Gasteiger partial charge in [-0.05, 0) is 55.2 Å². The van der Waals surface area contributed by atoms with Crippen molar-refractivity contribution >= 4 is 17.6 Å². The van der Waals surface area contributed by atoms with Crippen molar-refractivity contribution in [2.45, 2.75) is 53.9 Å². The highest BCUT2D eigenvalue weighted by atomic mass is 19.1. The predicted molar refractivity (Wildman–Crippen MR) is 138 cm³/mol. The molecule has 7 heteroatoms. The molecule has 0 bridgehead atoms. The number of nitrogens with zero attached hydrogens (tertiary/aromatic N) is 3. The number of hydrogen-bond donors (Lipinski definition) is 1. The monoisotopic (exact) mass is 478 g/mol. The Balaban J connectivity index is 1.91. The van der Waals surface area contributed by atoms with Gasteiger partial charge in [0.15, 0.2) is 0 Å². The van der Waals surface area contributed by atoms with Crippen molar-refractivity contribution in [2.75, 3.05) is 18.4 Å². The summed E-state index contributed by atoms with van der Waals surface area (Å²) in [5, 5.41) is 7.77. The second kappa shape index (κ2) is 10.4. The van der Waals surface area contributed by atoms with Gasteiger partial charge in [-0.3, -0.25) is 9.59 Å². The Kier molecular flexibility index (Phi) is 7.78. The number of aromatic nitrogens is 2. The van der Waals surface area contributed by atoms with Gasteiger partial charge in [-0.25, -0.2) is 9.07 Å². The number of anilines is 1. The Bertz CT molecular complexity index is 1220. The fourth-order valence-corrected chi connectivity index (χ4v) is 3.81. The lowest BCUT2D eigenvalue weighted by Gasteiger charge is -2.24. The smallest absolute Gasteiger partial charge is 0.254 e. The third-order valence-corrected chi connectivity index (χ3v) is 5.83. The molecule has 6 nitrogen and oxygen atoms in total. The SMILES string of the molecule is Cc1cccc(-n2nc(C(C)(C)C)cc2NC(=O)CN(CC(C)C)C(=O)c2cccc(F)c2)c1C. The van der Waals surface area contributed by atoms with E-state index in [0.29, 0.717) is 12.4 Å². The van der Waals surface area contributed by atoms with Crippen molar-refractivity contribution in [1.82, 2.24) is 14.7 Å². The molecule has 0 spiro atoms. The van der Waals surface area contributed by atoms with Crippen LogP contribution in [-0.2, 0) is 10.2 Å². The van der Waals surface area contributed by atoms with Gasteiger partial charge in [0, 0.05) is 23.6 Å². The fourth-order valence-electron chi connectivity index (χ4n) is 3.81. The highest BCUT2D eigenvalue weighted by Crippen LogP contribution is 2.28. The second-order valence-electron chi connectivity index (χ2n) is 10.4. The van der Waals surface area contributed by atoms with Crippen LogP contribution in [0, 0.1) is 25.6 Å². The average Bonchev–Trinajstić information content (AvgIpc) is 3.18. The number of carbonyl (C=O) groups is 2. The first kappa shape index (κ1) is 26.1. The lowest BCUT2D eigenvalue weighted by molar-refractivity contribution is -0.117. The highest BCUT2D eigenvalue weighted by molar-refractivity contribution is 5.99. The summed E-state index contributed by atoms with van der Waals surface area (Å²) in [6.45, 7) is 14.4. The van der Waals surface area contributed by atoms with Crippen LogP contribution in [0.25, 0.3) is 5.69 Å². The summed E-state index contributed by atoms with van der Waals surface area (Å²) in [7, 11) is 0. The Morgan fingerprint density at radius 2 is 1.77 bits per heavy atom. The van der Waals surface area contributed by atoms with Crippen molar-refractivity contribution < 1.29 is 14.0 Å². The van der Waals surface area contributed by atoms with Gasteiger partial charge < -0.3 is 10.2 Å². The Labute approximate surface area is 207 Å². The van der Waals surface area contributed by atoms with Gasteiger partial charge in [-0.2, -0.15) is 5.10 Å². The topological polar surface area (TPSA) is 67.2 Å². The molecular formula is C28H35FN4O2. The molecule has 0 fully saturated rings. The first-order valence-corrected chi connectivity index (χ1v) is 11.9. The summed E-state index contributed by atoms with van der Waals surface area (Å²) < 4.78 is 15.5. The van der Waals surface area contributed by atoms with Gasteiger partial charge >= 0.3 is 0 Å². The van der Waals surface area contributed by atoms with Gasteiger partial charge in [-0.1, -0.05) is 52.8 Å². The van der Waals surface area contributed by atoms with E-state index in [9.17, 15) is 14.0 Å². The maximum Gasteiger partial charge on any atom is 0.254 e. The van der Waals surface area contributed by atoms with E-state index < -0.39 is 5.82 Å². The summed E-state index contributed by atoms with van der Waals surface area (Å²) in [6, 6.07) is 13.4. The zero-order chi connectivity index (χ0) is 25.9. The standard InChI is InChI=1S/C28H35FN4O2/c1-18(2)16-32(27(35)21-11-9-12-22(29)14-21)17-26(34)30-25-15-24(28(5,6)7)31-33(25)23-13-8-10-19(3)20(23)4/h8-15,18H,16-17H2,1-7H3,(H,30,34). The molecule has 1 aromatic heterocycles. The minimum Gasteiger partial charge on any atom is -0.329 e. The van der Waals surface area contributed by atoms with Gasteiger partial charge in [0.1, 0.15) is 18.2 Å². The van der Waals surface area contributed by atoms with Crippen LogP contribution in [0.15, 0.2) is 48.5 Å². The largest absolute Gasteiger partial charge is 0.329 e. The van der Waals surface area contributed by atoms with Gasteiger partial charge in [0.2, 0.25) is 5.91 Å². The number of carbonyl (C=O) groups excluding carboxylic acids is 2. The van der Waals surface area contributed by atoms with Gasteiger partial charge in [-0.15, -0.1) is 0 Å². The minimum absolute atomic E-state index is 0.133. The molecule has 2 amide bonds. The number of aryl methyl sites for hydroxylation is 1. The number of benzene rings is 2. The summed E-state index contributed by atoms with van der Waals surface area (Å²) in [6.07, 6.45) is 0. The molecule has 186 valence electrons. The van der Waals surface area contributed by atoms with Crippen molar-refractivity contribution in [1.29, 1.82) is 0 Å². The van der Waals surface area contributed by atoms with Crippen molar-refractivity contribution in [3.05, 3.63) is 76.7 Å². The Morgan fingerprint density at radius 1 is 1.09 bits per heavy atom. The highest BCUT2D eigenvalue weighted by Gasteiger charge is 2.24. The lowest BCUT2D eigenvalue weighted by Crippen LogP contribution is -2.40. The molecule has 35 heavy (non-hydrogen) atoms. The molecule has 0 unspecified atom stereocenters. The minimum atomic E-state index is -0.489. The normalized spacial score (nSPS) is 11.6. The Morgan fingerprint density at radius 3 is 2.40 bits per heavy atom. The molecule has 0 aliphatic heterocycles. The zero-order valence-electron chi connectivity index (χ0n) is 21.6. The molecule has 2 aromatic carbocycles. The predicted octanol–water partition coefficient (Wildman–Crippen LogP) is 5.66. The summed E-state index contributed by atoms with van der Waals surface area (Å²) in [5.74, 6) is -0.546. The van der Waals surface area contributed by atoms with Crippen LogP contribution in [0.5, 0.6) is 0 Å². The number of hydrogen-bond acceptors (Lipinski definition) is 3. The van der Waals surface area contributed by atoms with Gasteiger partial charge in [0.05, 0.1) is 11.4 Å². The van der Waals surface area contributed by atoms with Crippen molar-refractivity contribution in [3.63, 3.8) is 0 Å². The van der Waals surface area contributed by atoms with E-state index >= 15 is 0 Å². The first-order valence-electron chi connectivity index (χ1n) is 11.9. The van der Waals surface area contributed by atoms with Crippen LogP contribution in [0.3, 0.4) is 0 Å². The molecule has 3 aromatic rings. The zero-order valence-corrected chi connectivity index (χ0v) is 21.6. The molecule has 0 saturated carbocycles. The van der Waals surface area contributed by atoms with Crippen molar-refractivity contribution in [2.24, 2.45) is 5.92 Å². The van der Waals surface area contributed by atoms with Crippen LogP contribution in [-0.4, -0.2) is 39.6 Å². The van der Waals surface area contributed by atoms with E-state index in [1.165, 1.54) is 23.1 Å². The first-order chi connectivity index (χ1) is 16.4. The maximum absolute atomic E-state index is 13.7. The molecule has 0 atom stereocenters. The summed E-state index contributed by atoms with van der Waals surface area (Å²) >= 11 is 0. The van der Waals surface area contributed by atoms with Gasteiger partial charge in [0.25, 0.3) is 5.91 Å². The third-order valence-electron chi connectivity index (χ3n) is 5.83. The fraction of sp³-hybridized carbons (Fsp3) is 0.393. The van der Waals surface area contributed by atoms with E-state index in [1.807, 2.05) is 52.0 Å². The molecule has 0 aliphatic carbocycles. The molecule has 3 rings (SSSR count). The van der Waals surface area contributed by atoms with Crippen molar-refractivity contribution in [3.8, 4) is 5.69 Å². The van der Waals surface area contributed by atoms with Crippen LogP contribution < -0.4 is 5.32 Å². The third kappa shape index (κ3) is 6.35. The van der Waals surface area contributed by atoms with Crippen LogP contribution >= 0.6 is 0 Å². The number of halogens is 1. The number of amides is 2. The molecule has 1 heterocycles. The van der Waals surface area contributed by atoms with Crippen LogP contribution in [0.4, 0.5) is 10.2 Å². The molecule has 0 saturated heterocycles. The van der Waals surface area contributed by atoms with Crippen LogP contribution in [0.1, 0.15) is 61.8 Å². The van der Waals surface area contributed by atoms with E-state index in [4.69, 9.17) is 5.10 Å². The molecule has 0 radical (unpaired) electrons. The molecule has 0 aliphatic rings. The average molecular weight is 479 g/mol. The van der Waals surface area contributed by atoms with E-state index in [-0.39, 0.29) is 35.3 Å². The lowest BCUT2D eigenvalue weighted by atomic mass is 9.92. The number of nitrogens with one attached hydrogen (secondary N) is 1. The Hall–Kier alpha value is -3.48. The second-order valence-corrected chi connectivity index (χ2v) is 10.4. The molecule has 1 N–H and O–H groups in total. The summed E-state index contributed by atoms with van der Waals surface area (Å²) in [4.78, 5) is 27.7. The number of rotatable bonds is 7. The van der Waals surface area contributed by atoms with E-state index in [1.54, 1.807) is 10.7 Å². The summed E-state index contributed by atoms with van der Waals surface area (Å²) in [5.41, 5.74) is 3.90. The van der Waals surface area contributed by atoms with E-state index in [2.05, 4.69) is 26.1 Å².